The first kappa shape index (κ1) is 21.3. The second-order valence-electron chi connectivity index (χ2n) is 10.1. The lowest BCUT2D eigenvalue weighted by molar-refractivity contribution is 0.0753. The number of nitrogens with zero attached hydrogens (tertiary/aromatic N) is 3. The SMILES string of the molecule is O=C1NC2(CNC2)Cn2nc(-c3ccncc3)c(-c3ccc(OCc4ccc(C5CC5)cc4)cc3)c21. The molecule has 7 heteroatoms. The van der Waals surface area contributed by atoms with E-state index in [1.807, 2.05) is 41.1 Å². The molecule has 7 rings (SSSR count). The summed E-state index contributed by atoms with van der Waals surface area (Å²) in [6, 6.07) is 20.6. The number of aromatic nitrogens is 3. The molecule has 2 aromatic carbocycles. The highest BCUT2D eigenvalue weighted by molar-refractivity contribution is 6.04. The fourth-order valence-electron chi connectivity index (χ4n) is 5.23. The molecule has 2 aliphatic heterocycles. The van der Waals surface area contributed by atoms with Gasteiger partial charge in [-0.3, -0.25) is 14.5 Å². The van der Waals surface area contributed by atoms with Gasteiger partial charge in [0.2, 0.25) is 0 Å². The third kappa shape index (κ3) is 3.76. The Labute approximate surface area is 209 Å². The minimum Gasteiger partial charge on any atom is -0.489 e. The predicted octanol–water partition coefficient (Wildman–Crippen LogP) is 4.15. The van der Waals surface area contributed by atoms with E-state index in [1.165, 1.54) is 18.4 Å². The molecule has 1 saturated heterocycles. The van der Waals surface area contributed by atoms with Crippen LogP contribution in [0.4, 0.5) is 0 Å². The van der Waals surface area contributed by atoms with Crippen LogP contribution in [0.15, 0.2) is 73.1 Å². The monoisotopic (exact) mass is 477 g/mol. The van der Waals surface area contributed by atoms with E-state index in [9.17, 15) is 4.79 Å². The molecule has 2 N–H and O–H groups in total. The van der Waals surface area contributed by atoms with Gasteiger partial charge in [0.25, 0.3) is 5.91 Å². The van der Waals surface area contributed by atoms with E-state index in [1.54, 1.807) is 12.4 Å². The number of nitrogens with one attached hydrogen (secondary N) is 2. The molecule has 36 heavy (non-hydrogen) atoms. The quantitative estimate of drug-likeness (QED) is 0.436. The highest BCUT2D eigenvalue weighted by Crippen LogP contribution is 2.40. The topological polar surface area (TPSA) is 81.1 Å². The van der Waals surface area contributed by atoms with E-state index in [0.717, 1.165) is 52.7 Å². The molecule has 1 saturated carbocycles. The largest absolute Gasteiger partial charge is 0.489 e. The molecule has 0 bridgehead atoms. The third-order valence-corrected chi connectivity index (χ3v) is 7.46. The highest BCUT2D eigenvalue weighted by atomic mass is 16.5. The summed E-state index contributed by atoms with van der Waals surface area (Å²) in [6.45, 7) is 2.69. The van der Waals surface area contributed by atoms with Gasteiger partial charge >= 0.3 is 0 Å². The Balaban J connectivity index is 1.18. The third-order valence-electron chi connectivity index (χ3n) is 7.46. The Morgan fingerprint density at radius 2 is 1.69 bits per heavy atom. The summed E-state index contributed by atoms with van der Waals surface area (Å²) in [5, 5.41) is 11.4. The summed E-state index contributed by atoms with van der Waals surface area (Å²) in [4.78, 5) is 17.4. The molecule has 1 aliphatic carbocycles. The maximum absolute atomic E-state index is 13.3. The van der Waals surface area contributed by atoms with Crippen LogP contribution in [0.3, 0.4) is 0 Å². The van der Waals surface area contributed by atoms with Crippen molar-refractivity contribution in [2.75, 3.05) is 13.1 Å². The van der Waals surface area contributed by atoms with E-state index >= 15 is 0 Å². The van der Waals surface area contributed by atoms with Crippen LogP contribution in [0.2, 0.25) is 0 Å². The molecule has 4 aromatic rings. The first-order chi connectivity index (χ1) is 17.7. The average Bonchev–Trinajstić information content (AvgIpc) is 3.67. The summed E-state index contributed by atoms with van der Waals surface area (Å²) in [6.07, 6.45) is 6.13. The van der Waals surface area contributed by atoms with Crippen LogP contribution in [0.1, 0.15) is 40.4 Å². The van der Waals surface area contributed by atoms with Crippen LogP contribution in [0.5, 0.6) is 5.75 Å². The van der Waals surface area contributed by atoms with Gasteiger partial charge in [-0.05, 0) is 59.7 Å². The molecular weight excluding hydrogens is 450 g/mol. The molecule has 1 amide bonds. The first-order valence-electron chi connectivity index (χ1n) is 12.5. The normalized spacial score (nSPS) is 17.8. The van der Waals surface area contributed by atoms with Gasteiger partial charge in [-0.15, -0.1) is 0 Å². The van der Waals surface area contributed by atoms with Gasteiger partial charge in [-0.25, -0.2) is 0 Å². The zero-order chi connectivity index (χ0) is 24.1. The van der Waals surface area contributed by atoms with Gasteiger partial charge in [0.1, 0.15) is 23.7 Å². The summed E-state index contributed by atoms with van der Waals surface area (Å²) >= 11 is 0. The Morgan fingerprint density at radius 3 is 2.36 bits per heavy atom. The number of benzene rings is 2. The Hall–Kier alpha value is -3.97. The molecule has 0 atom stereocenters. The van der Waals surface area contributed by atoms with Gasteiger partial charge in [0, 0.05) is 36.6 Å². The number of pyridine rings is 1. The van der Waals surface area contributed by atoms with Crippen molar-refractivity contribution in [1.29, 1.82) is 0 Å². The molecule has 2 fully saturated rings. The standard InChI is InChI=1S/C29H27N5O2/c35-28-27-25(26(23-11-13-30-14-12-23)33-34(27)18-29(32-28)16-31-17-29)22-7-9-24(10-8-22)36-15-19-1-3-20(4-2-19)21-5-6-21/h1-4,7-14,21,31H,5-6,15-18H2,(H,32,35). The summed E-state index contributed by atoms with van der Waals surface area (Å²) in [5.41, 5.74) is 6.43. The molecule has 2 aromatic heterocycles. The maximum Gasteiger partial charge on any atom is 0.270 e. The van der Waals surface area contributed by atoms with Crippen LogP contribution in [-0.4, -0.2) is 39.3 Å². The molecule has 180 valence electrons. The number of fused-ring (bicyclic) bond motifs is 1. The van der Waals surface area contributed by atoms with E-state index in [-0.39, 0.29) is 11.4 Å². The fraction of sp³-hybridized carbons (Fsp3) is 0.276. The van der Waals surface area contributed by atoms with Crippen molar-refractivity contribution in [3.05, 3.63) is 89.9 Å². The summed E-state index contributed by atoms with van der Waals surface area (Å²) < 4.78 is 7.94. The lowest BCUT2D eigenvalue weighted by atomic mass is 9.89. The van der Waals surface area contributed by atoms with E-state index in [4.69, 9.17) is 9.84 Å². The lowest BCUT2D eigenvalue weighted by Crippen LogP contribution is -2.72. The fourth-order valence-corrected chi connectivity index (χ4v) is 5.23. The zero-order valence-corrected chi connectivity index (χ0v) is 19.9. The van der Waals surface area contributed by atoms with Crippen molar-refractivity contribution in [2.45, 2.75) is 37.5 Å². The number of carbonyl (C=O) groups excluding carboxylic acids is 1. The van der Waals surface area contributed by atoms with Crippen molar-refractivity contribution in [1.82, 2.24) is 25.4 Å². The smallest absolute Gasteiger partial charge is 0.270 e. The summed E-state index contributed by atoms with van der Waals surface area (Å²) in [7, 11) is 0. The van der Waals surface area contributed by atoms with E-state index in [2.05, 4.69) is 39.9 Å². The van der Waals surface area contributed by atoms with E-state index < -0.39 is 0 Å². The van der Waals surface area contributed by atoms with Crippen molar-refractivity contribution in [3.8, 4) is 28.1 Å². The second-order valence-corrected chi connectivity index (χ2v) is 10.1. The average molecular weight is 478 g/mol. The van der Waals surface area contributed by atoms with Crippen LogP contribution in [0.25, 0.3) is 22.4 Å². The van der Waals surface area contributed by atoms with Crippen LogP contribution in [-0.2, 0) is 13.2 Å². The second kappa shape index (κ2) is 8.31. The Bertz CT molecular complexity index is 1420. The molecule has 1 spiro atoms. The minimum atomic E-state index is -0.253. The molecule has 3 aliphatic rings. The van der Waals surface area contributed by atoms with E-state index in [0.29, 0.717) is 18.8 Å². The number of rotatable bonds is 6. The lowest BCUT2D eigenvalue weighted by Gasteiger charge is -2.45. The number of ether oxygens (including phenoxy) is 1. The number of hydrogen-bond donors (Lipinski definition) is 2. The van der Waals surface area contributed by atoms with Crippen LogP contribution < -0.4 is 15.4 Å². The van der Waals surface area contributed by atoms with Crippen molar-refractivity contribution >= 4 is 5.91 Å². The Morgan fingerprint density at radius 1 is 0.944 bits per heavy atom. The van der Waals surface area contributed by atoms with Crippen molar-refractivity contribution < 1.29 is 9.53 Å². The Kier molecular flexibility index (Phi) is 4.92. The predicted molar refractivity (Wildman–Crippen MR) is 137 cm³/mol. The van der Waals surface area contributed by atoms with Gasteiger partial charge in [0.15, 0.2) is 0 Å². The van der Waals surface area contributed by atoms with Crippen molar-refractivity contribution in [3.63, 3.8) is 0 Å². The molecule has 0 radical (unpaired) electrons. The van der Waals surface area contributed by atoms with Gasteiger partial charge in [0.05, 0.1) is 12.1 Å². The zero-order valence-electron chi connectivity index (χ0n) is 19.9. The number of carbonyl (C=O) groups is 1. The molecule has 0 unspecified atom stereocenters. The molecule has 7 nitrogen and oxygen atoms in total. The van der Waals surface area contributed by atoms with Crippen molar-refractivity contribution in [2.24, 2.45) is 0 Å². The van der Waals surface area contributed by atoms with Gasteiger partial charge < -0.3 is 15.4 Å². The maximum atomic E-state index is 13.3. The number of amides is 1. The molecule has 4 heterocycles. The van der Waals surface area contributed by atoms with Crippen LogP contribution in [0, 0.1) is 0 Å². The summed E-state index contributed by atoms with van der Waals surface area (Å²) in [5.74, 6) is 1.47. The van der Waals surface area contributed by atoms with Crippen LogP contribution >= 0.6 is 0 Å². The van der Waals surface area contributed by atoms with Gasteiger partial charge in [-0.1, -0.05) is 36.4 Å². The minimum absolute atomic E-state index is 0.0828. The number of hydrogen-bond acceptors (Lipinski definition) is 5. The molecular formula is C29H27N5O2. The van der Waals surface area contributed by atoms with Gasteiger partial charge in [-0.2, -0.15) is 5.10 Å². The highest BCUT2D eigenvalue weighted by Gasteiger charge is 2.45. The first-order valence-corrected chi connectivity index (χ1v) is 12.5.